The molecule has 0 radical (unpaired) electrons. The fraction of sp³-hybridized carbons (Fsp3) is 0.583. The normalized spacial score (nSPS) is 16.1. The van der Waals surface area contributed by atoms with Crippen molar-refractivity contribution in [2.75, 3.05) is 31.2 Å². The summed E-state index contributed by atoms with van der Waals surface area (Å²) in [6.45, 7) is 6.75. The first-order valence-corrected chi connectivity index (χ1v) is 6.09. The van der Waals surface area contributed by atoms with Crippen molar-refractivity contribution in [3.05, 3.63) is 17.5 Å². The highest BCUT2D eigenvalue weighted by Gasteiger charge is 2.19. The van der Waals surface area contributed by atoms with E-state index in [2.05, 4.69) is 9.97 Å². The van der Waals surface area contributed by atoms with Gasteiger partial charge in [-0.3, -0.25) is 4.79 Å². The van der Waals surface area contributed by atoms with E-state index in [4.69, 9.17) is 10.5 Å². The lowest BCUT2D eigenvalue weighted by atomic mass is 10.0. The van der Waals surface area contributed by atoms with Crippen molar-refractivity contribution in [1.82, 2.24) is 9.97 Å². The third kappa shape index (κ3) is 2.59. The Balaban J connectivity index is 2.33. The summed E-state index contributed by atoms with van der Waals surface area (Å²) in [7, 11) is 0. The fourth-order valence-electron chi connectivity index (χ4n) is 1.92. The van der Waals surface area contributed by atoms with E-state index in [9.17, 15) is 4.79 Å². The van der Waals surface area contributed by atoms with Crippen LogP contribution in [0.4, 0.5) is 5.95 Å². The quantitative estimate of drug-likeness (QED) is 0.846. The van der Waals surface area contributed by atoms with E-state index in [0.717, 1.165) is 18.7 Å². The van der Waals surface area contributed by atoms with E-state index in [1.807, 2.05) is 18.7 Å². The molecule has 0 aromatic carbocycles. The Labute approximate surface area is 106 Å². The standard InChI is InChI=1S/C12H18N4O2/c1-8(2)9-7-14-12(15-10(9)11(13)17)16-3-5-18-6-4-16/h7-8H,3-6H2,1-2H3,(H2,13,17). The maximum Gasteiger partial charge on any atom is 0.267 e. The second-order valence-electron chi connectivity index (χ2n) is 4.59. The molecule has 6 heteroatoms. The van der Waals surface area contributed by atoms with Crippen molar-refractivity contribution in [2.45, 2.75) is 19.8 Å². The van der Waals surface area contributed by atoms with Gasteiger partial charge in [0.05, 0.1) is 13.2 Å². The molecule has 1 aromatic heterocycles. The summed E-state index contributed by atoms with van der Waals surface area (Å²) < 4.78 is 5.27. The van der Waals surface area contributed by atoms with Gasteiger partial charge in [-0.15, -0.1) is 0 Å². The molecule has 98 valence electrons. The number of nitrogens with zero attached hydrogens (tertiary/aromatic N) is 3. The van der Waals surface area contributed by atoms with Crippen LogP contribution in [0.25, 0.3) is 0 Å². The molecule has 2 rings (SSSR count). The largest absolute Gasteiger partial charge is 0.378 e. The van der Waals surface area contributed by atoms with Gasteiger partial charge in [-0.2, -0.15) is 0 Å². The molecule has 0 aliphatic carbocycles. The van der Waals surface area contributed by atoms with Gasteiger partial charge in [0.1, 0.15) is 5.69 Å². The van der Waals surface area contributed by atoms with Gasteiger partial charge in [0.2, 0.25) is 5.95 Å². The summed E-state index contributed by atoms with van der Waals surface area (Å²) in [5.74, 6) is 0.221. The van der Waals surface area contributed by atoms with Gasteiger partial charge < -0.3 is 15.4 Å². The Morgan fingerprint density at radius 1 is 1.44 bits per heavy atom. The Hall–Kier alpha value is -1.69. The molecule has 0 atom stereocenters. The van der Waals surface area contributed by atoms with Crippen molar-refractivity contribution in [2.24, 2.45) is 5.73 Å². The number of carbonyl (C=O) groups is 1. The van der Waals surface area contributed by atoms with Crippen LogP contribution in [-0.4, -0.2) is 42.2 Å². The Morgan fingerprint density at radius 2 is 2.11 bits per heavy atom. The number of anilines is 1. The second-order valence-corrected chi connectivity index (χ2v) is 4.59. The van der Waals surface area contributed by atoms with Gasteiger partial charge in [0, 0.05) is 24.8 Å². The average molecular weight is 250 g/mol. The number of hydrogen-bond donors (Lipinski definition) is 1. The van der Waals surface area contributed by atoms with Crippen LogP contribution >= 0.6 is 0 Å². The van der Waals surface area contributed by atoms with Gasteiger partial charge in [-0.05, 0) is 5.92 Å². The monoisotopic (exact) mass is 250 g/mol. The Morgan fingerprint density at radius 3 is 2.67 bits per heavy atom. The maximum absolute atomic E-state index is 11.4. The first-order valence-electron chi connectivity index (χ1n) is 6.09. The number of hydrogen-bond acceptors (Lipinski definition) is 5. The van der Waals surface area contributed by atoms with Gasteiger partial charge in [0.15, 0.2) is 0 Å². The van der Waals surface area contributed by atoms with Crippen molar-refractivity contribution < 1.29 is 9.53 Å². The van der Waals surface area contributed by atoms with Gasteiger partial charge >= 0.3 is 0 Å². The van der Waals surface area contributed by atoms with E-state index in [0.29, 0.717) is 24.9 Å². The van der Waals surface area contributed by atoms with Crippen LogP contribution in [-0.2, 0) is 4.74 Å². The van der Waals surface area contributed by atoms with E-state index < -0.39 is 5.91 Å². The molecule has 18 heavy (non-hydrogen) atoms. The van der Waals surface area contributed by atoms with Crippen LogP contribution in [0.2, 0.25) is 0 Å². The van der Waals surface area contributed by atoms with E-state index in [-0.39, 0.29) is 5.92 Å². The molecular formula is C12H18N4O2. The van der Waals surface area contributed by atoms with Crippen LogP contribution in [0.1, 0.15) is 35.8 Å². The molecule has 1 aliphatic heterocycles. The summed E-state index contributed by atoms with van der Waals surface area (Å²) in [5.41, 5.74) is 6.49. The highest BCUT2D eigenvalue weighted by molar-refractivity contribution is 5.92. The van der Waals surface area contributed by atoms with Crippen LogP contribution in [0.5, 0.6) is 0 Å². The first-order chi connectivity index (χ1) is 8.59. The topological polar surface area (TPSA) is 81.3 Å². The van der Waals surface area contributed by atoms with Crippen molar-refractivity contribution in [3.63, 3.8) is 0 Å². The molecule has 0 spiro atoms. The minimum absolute atomic E-state index is 0.172. The molecule has 1 saturated heterocycles. The van der Waals surface area contributed by atoms with Crippen molar-refractivity contribution in [3.8, 4) is 0 Å². The molecule has 1 amide bonds. The maximum atomic E-state index is 11.4. The third-order valence-corrected chi connectivity index (χ3v) is 2.95. The third-order valence-electron chi connectivity index (χ3n) is 2.95. The zero-order valence-corrected chi connectivity index (χ0v) is 10.7. The zero-order chi connectivity index (χ0) is 13.1. The highest BCUT2D eigenvalue weighted by atomic mass is 16.5. The van der Waals surface area contributed by atoms with E-state index in [1.165, 1.54) is 0 Å². The van der Waals surface area contributed by atoms with E-state index >= 15 is 0 Å². The van der Waals surface area contributed by atoms with Gasteiger partial charge in [0.25, 0.3) is 5.91 Å². The zero-order valence-electron chi connectivity index (χ0n) is 10.7. The lowest BCUT2D eigenvalue weighted by molar-refractivity contribution is 0.0994. The summed E-state index contributed by atoms with van der Waals surface area (Å²) in [5, 5.41) is 0. The van der Waals surface area contributed by atoms with Gasteiger partial charge in [-0.25, -0.2) is 9.97 Å². The van der Waals surface area contributed by atoms with E-state index in [1.54, 1.807) is 6.20 Å². The summed E-state index contributed by atoms with van der Waals surface area (Å²) in [6, 6.07) is 0. The smallest absolute Gasteiger partial charge is 0.267 e. The number of primary amides is 1. The number of ether oxygens (including phenoxy) is 1. The molecule has 1 fully saturated rings. The number of carbonyl (C=O) groups excluding carboxylic acids is 1. The van der Waals surface area contributed by atoms with Crippen LogP contribution in [0.15, 0.2) is 6.20 Å². The SMILES string of the molecule is CC(C)c1cnc(N2CCOCC2)nc1C(N)=O. The molecule has 6 nitrogen and oxygen atoms in total. The molecule has 2 heterocycles. The summed E-state index contributed by atoms with van der Waals surface area (Å²) in [6.07, 6.45) is 1.70. The predicted molar refractivity (Wildman–Crippen MR) is 67.7 cm³/mol. The van der Waals surface area contributed by atoms with Crippen LogP contribution in [0, 0.1) is 0 Å². The number of nitrogens with two attached hydrogens (primary N) is 1. The van der Waals surface area contributed by atoms with Crippen molar-refractivity contribution in [1.29, 1.82) is 0 Å². The molecule has 1 aromatic rings. The molecule has 0 unspecified atom stereocenters. The van der Waals surface area contributed by atoms with Crippen LogP contribution < -0.4 is 10.6 Å². The predicted octanol–water partition coefficient (Wildman–Crippen LogP) is 0.536. The van der Waals surface area contributed by atoms with Gasteiger partial charge in [-0.1, -0.05) is 13.8 Å². The molecule has 1 aliphatic rings. The first kappa shape index (κ1) is 12.8. The molecule has 0 saturated carbocycles. The summed E-state index contributed by atoms with van der Waals surface area (Å²) in [4.78, 5) is 22.1. The molecular weight excluding hydrogens is 232 g/mol. The Kier molecular flexibility index (Phi) is 3.76. The second kappa shape index (κ2) is 5.30. The number of amides is 1. The minimum Gasteiger partial charge on any atom is -0.378 e. The lowest BCUT2D eigenvalue weighted by Crippen LogP contribution is -2.37. The fourth-order valence-corrected chi connectivity index (χ4v) is 1.92. The highest BCUT2D eigenvalue weighted by Crippen LogP contribution is 2.19. The number of rotatable bonds is 3. The molecule has 0 bridgehead atoms. The minimum atomic E-state index is -0.504. The van der Waals surface area contributed by atoms with Crippen LogP contribution in [0.3, 0.4) is 0 Å². The Bertz CT molecular complexity index is 442. The number of aromatic nitrogens is 2. The summed E-state index contributed by atoms with van der Waals surface area (Å²) >= 11 is 0. The number of morpholine rings is 1. The average Bonchev–Trinajstić information content (AvgIpc) is 2.39. The molecule has 2 N–H and O–H groups in total. The van der Waals surface area contributed by atoms with Crippen molar-refractivity contribution >= 4 is 11.9 Å². The lowest BCUT2D eigenvalue weighted by Gasteiger charge is -2.27.